The average Bonchev–Trinajstić information content (AvgIpc) is 3.10. The first kappa shape index (κ1) is 32.0. The Morgan fingerprint density at radius 2 is 1.83 bits per heavy atom. The minimum Gasteiger partial charge on any atom is -0.469 e. The number of carbonyl (C=O) groups excluding carboxylic acids is 4. The van der Waals surface area contributed by atoms with Crippen LogP contribution in [0, 0.1) is 0 Å². The standard InChI is InChI=1S/C29H38BrN5O6/c1-8-34(14-13-33(6)28(39)41-29(3,4)5)17-19-15-24(31-23-16-20(30)9-10-22(19)23)32-35-26(37)18(2)21(27(35)38)11-12-25(36)40-7/h9-10,15-16H,8,11-14,17H2,1-7H3,(H,31,32). The van der Waals surface area contributed by atoms with Gasteiger partial charge >= 0.3 is 12.1 Å². The second-order valence-electron chi connectivity index (χ2n) is 10.8. The summed E-state index contributed by atoms with van der Waals surface area (Å²) in [4.78, 5) is 58.4. The molecule has 1 aliphatic heterocycles. The van der Waals surface area contributed by atoms with Gasteiger partial charge in [-0.05, 0) is 64.4 Å². The second kappa shape index (κ2) is 13.4. The Kier molecular flexibility index (Phi) is 10.5. The number of methoxy groups -OCH3 is 1. The van der Waals surface area contributed by atoms with E-state index in [0.29, 0.717) is 31.0 Å². The molecule has 12 heteroatoms. The molecule has 0 fully saturated rings. The van der Waals surface area contributed by atoms with Gasteiger partial charge in [0, 0.05) is 54.1 Å². The molecular weight excluding hydrogens is 594 g/mol. The first-order chi connectivity index (χ1) is 19.2. The summed E-state index contributed by atoms with van der Waals surface area (Å²) in [6, 6.07) is 7.59. The van der Waals surface area contributed by atoms with Crippen LogP contribution in [0.2, 0.25) is 0 Å². The molecule has 0 aliphatic carbocycles. The number of anilines is 1. The molecule has 0 unspecified atom stereocenters. The molecule has 3 amide bonds. The van der Waals surface area contributed by atoms with Crippen LogP contribution in [0.4, 0.5) is 10.6 Å². The number of rotatable bonds is 11. The molecule has 222 valence electrons. The minimum absolute atomic E-state index is 0.00159. The van der Waals surface area contributed by atoms with Crippen LogP contribution in [0.25, 0.3) is 10.9 Å². The van der Waals surface area contributed by atoms with Crippen LogP contribution in [0.5, 0.6) is 0 Å². The van der Waals surface area contributed by atoms with Gasteiger partial charge < -0.3 is 14.4 Å². The molecular formula is C29H38BrN5O6. The van der Waals surface area contributed by atoms with E-state index in [9.17, 15) is 19.2 Å². The van der Waals surface area contributed by atoms with Crippen LogP contribution < -0.4 is 5.43 Å². The highest BCUT2D eigenvalue weighted by atomic mass is 79.9. The van der Waals surface area contributed by atoms with Gasteiger partial charge in [-0.25, -0.2) is 9.78 Å². The number of amides is 3. The van der Waals surface area contributed by atoms with Crippen molar-refractivity contribution in [3.05, 3.63) is 45.4 Å². The van der Waals surface area contributed by atoms with Gasteiger partial charge in [0.2, 0.25) is 0 Å². The Hall–Kier alpha value is -3.51. The Morgan fingerprint density at radius 3 is 2.46 bits per heavy atom. The number of ether oxygens (including phenoxy) is 2. The summed E-state index contributed by atoms with van der Waals surface area (Å²) in [6.45, 7) is 11.4. The Bertz CT molecular complexity index is 1370. The third-order valence-corrected chi connectivity index (χ3v) is 7.12. The molecule has 2 heterocycles. The van der Waals surface area contributed by atoms with Gasteiger partial charge in [-0.15, -0.1) is 0 Å². The van der Waals surface area contributed by atoms with Crippen molar-refractivity contribution in [3.63, 3.8) is 0 Å². The number of carbonyl (C=O) groups is 4. The van der Waals surface area contributed by atoms with Crippen molar-refractivity contribution in [3.8, 4) is 0 Å². The van der Waals surface area contributed by atoms with E-state index in [1.807, 2.05) is 52.0 Å². The van der Waals surface area contributed by atoms with E-state index in [1.165, 1.54) is 7.11 Å². The molecule has 0 saturated carbocycles. The highest BCUT2D eigenvalue weighted by Gasteiger charge is 2.36. The fourth-order valence-corrected chi connectivity index (χ4v) is 4.65. The third kappa shape index (κ3) is 8.26. The SMILES string of the molecule is CCN(CCN(C)C(=O)OC(C)(C)C)Cc1cc(NN2C(=O)C(C)=C(CCC(=O)OC)C2=O)nc2cc(Br)ccc12. The number of nitrogens with zero attached hydrogens (tertiary/aromatic N) is 4. The molecule has 1 N–H and O–H groups in total. The number of imide groups is 1. The molecule has 1 aliphatic rings. The molecule has 0 atom stereocenters. The number of benzene rings is 1. The zero-order chi connectivity index (χ0) is 30.5. The zero-order valence-electron chi connectivity index (χ0n) is 24.7. The van der Waals surface area contributed by atoms with Gasteiger partial charge in [-0.2, -0.15) is 5.01 Å². The van der Waals surface area contributed by atoms with Gasteiger partial charge in [0.05, 0.1) is 12.6 Å². The second-order valence-corrected chi connectivity index (χ2v) is 11.8. The van der Waals surface area contributed by atoms with Crippen molar-refractivity contribution in [2.45, 2.75) is 59.6 Å². The summed E-state index contributed by atoms with van der Waals surface area (Å²) in [5.74, 6) is -1.14. The highest BCUT2D eigenvalue weighted by Crippen LogP contribution is 2.28. The van der Waals surface area contributed by atoms with Crippen molar-refractivity contribution < 1.29 is 28.7 Å². The van der Waals surface area contributed by atoms with E-state index in [0.717, 1.165) is 27.0 Å². The number of esters is 1. The van der Waals surface area contributed by atoms with Crippen LogP contribution in [0.1, 0.15) is 53.0 Å². The third-order valence-electron chi connectivity index (χ3n) is 6.63. The molecule has 0 saturated heterocycles. The molecule has 2 aromatic rings. The normalized spacial score (nSPS) is 13.8. The van der Waals surface area contributed by atoms with Crippen molar-refractivity contribution in [2.24, 2.45) is 0 Å². The zero-order valence-corrected chi connectivity index (χ0v) is 26.3. The Labute approximate surface area is 248 Å². The summed E-state index contributed by atoms with van der Waals surface area (Å²) < 4.78 is 11.0. The number of likely N-dealkylation sites (N-methyl/N-ethyl adjacent to an activating group) is 2. The van der Waals surface area contributed by atoms with E-state index < -0.39 is 23.4 Å². The number of hydrogen-bond acceptors (Lipinski definition) is 9. The summed E-state index contributed by atoms with van der Waals surface area (Å²) >= 11 is 3.50. The first-order valence-electron chi connectivity index (χ1n) is 13.4. The minimum atomic E-state index is -0.572. The van der Waals surface area contributed by atoms with Crippen LogP contribution in [-0.4, -0.2) is 83.1 Å². The summed E-state index contributed by atoms with van der Waals surface area (Å²) in [5, 5.41) is 1.86. The number of halogens is 1. The first-order valence-corrected chi connectivity index (χ1v) is 14.2. The number of hydrazine groups is 1. The van der Waals surface area contributed by atoms with Crippen LogP contribution >= 0.6 is 15.9 Å². The molecule has 1 aromatic heterocycles. The highest BCUT2D eigenvalue weighted by molar-refractivity contribution is 9.10. The fourth-order valence-electron chi connectivity index (χ4n) is 4.30. The van der Waals surface area contributed by atoms with Crippen molar-refractivity contribution in [1.29, 1.82) is 0 Å². The van der Waals surface area contributed by atoms with E-state index >= 15 is 0 Å². The topological polar surface area (TPSA) is 121 Å². The maximum absolute atomic E-state index is 13.1. The average molecular weight is 633 g/mol. The lowest BCUT2D eigenvalue weighted by molar-refractivity contribution is -0.140. The predicted octanol–water partition coefficient (Wildman–Crippen LogP) is 4.65. The Balaban J connectivity index is 1.81. The van der Waals surface area contributed by atoms with Crippen LogP contribution in [-0.2, 0) is 30.4 Å². The smallest absolute Gasteiger partial charge is 0.410 e. The number of hydrogen-bond donors (Lipinski definition) is 1. The van der Waals surface area contributed by atoms with Crippen LogP contribution in [0.15, 0.2) is 39.9 Å². The van der Waals surface area contributed by atoms with Gasteiger partial charge in [0.1, 0.15) is 11.4 Å². The molecule has 11 nitrogen and oxygen atoms in total. The maximum atomic E-state index is 13.1. The molecule has 0 spiro atoms. The van der Waals surface area contributed by atoms with Crippen molar-refractivity contribution in [2.75, 3.05) is 39.2 Å². The molecule has 1 aromatic carbocycles. The lowest BCUT2D eigenvalue weighted by Gasteiger charge is -2.27. The predicted molar refractivity (Wildman–Crippen MR) is 159 cm³/mol. The summed E-state index contributed by atoms with van der Waals surface area (Å²) in [5.41, 5.74) is 4.48. The molecule has 3 rings (SSSR count). The van der Waals surface area contributed by atoms with Crippen LogP contribution in [0.3, 0.4) is 0 Å². The summed E-state index contributed by atoms with van der Waals surface area (Å²) in [7, 11) is 2.99. The van der Waals surface area contributed by atoms with E-state index in [4.69, 9.17) is 4.74 Å². The number of nitrogens with one attached hydrogen (secondary N) is 1. The molecule has 41 heavy (non-hydrogen) atoms. The monoisotopic (exact) mass is 631 g/mol. The number of pyridine rings is 1. The lowest BCUT2D eigenvalue weighted by atomic mass is 10.1. The summed E-state index contributed by atoms with van der Waals surface area (Å²) in [6.07, 6.45) is -0.277. The fraction of sp³-hybridized carbons (Fsp3) is 0.483. The molecule has 0 bridgehead atoms. The van der Waals surface area contributed by atoms with Gasteiger partial charge in [0.25, 0.3) is 11.8 Å². The Morgan fingerprint density at radius 1 is 1.12 bits per heavy atom. The largest absolute Gasteiger partial charge is 0.469 e. The number of fused-ring (bicyclic) bond motifs is 1. The van der Waals surface area contributed by atoms with E-state index in [2.05, 4.69) is 36.0 Å². The van der Waals surface area contributed by atoms with Gasteiger partial charge in [-0.1, -0.05) is 28.9 Å². The van der Waals surface area contributed by atoms with Crippen molar-refractivity contribution >= 4 is 56.5 Å². The molecule has 0 radical (unpaired) electrons. The van der Waals surface area contributed by atoms with E-state index in [1.54, 1.807) is 18.9 Å². The lowest BCUT2D eigenvalue weighted by Crippen LogP contribution is -2.39. The number of aromatic nitrogens is 1. The maximum Gasteiger partial charge on any atom is 0.410 e. The van der Waals surface area contributed by atoms with Gasteiger partial charge in [-0.3, -0.25) is 24.7 Å². The van der Waals surface area contributed by atoms with E-state index in [-0.39, 0.29) is 30.1 Å². The van der Waals surface area contributed by atoms with Crippen molar-refractivity contribution in [1.82, 2.24) is 19.8 Å². The quantitative estimate of drug-likeness (QED) is 0.279. The van der Waals surface area contributed by atoms with Gasteiger partial charge in [0.15, 0.2) is 0 Å².